The van der Waals surface area contributed by atoms with Gasteiger partial charge in [-0.2, -0.15) is 0 Å². The lowest BCUT2D eigenvalue weighted by molar-refractivity contribution is 0.00509. The van der Waals surface area contributed by atoms with Crippen molar-refractivity contribution in [3.63, 3.8) is 0 Å². The van der Waals surface area contributed by atoms with Crippen LogP contribution in [0.15, 0.2) is 18.5 Å². The molecule has 2 rings (SSSR count). The van der Waals surface area contributed by atoms with Crippen molar-refractivity contribution in [1.82, 2.24) is 9.88 Å². The Balaban J connectivity index is 2.21. The number of amides is 1. The Labute approximate surface area is 108 Å². The summed E-state index contributed by atoms with van der Waals surface area (Å²) in [6, 6.07) is 1.53. The van der Waals surface area contributed by atoms with E-state index in [1.807, 2.05) is 0 Å². The number of nitrogens with zero attached hydrogens (tertiary/aromatic N) is 2. The van der Waals surface area contributed by atoms with Crippen LogP contribution < -0.4 is 0 Å². The number of carbonyl (C=O) groups is 1. The Kier molecular flexibility index (Phi) is 3.96. The second kappa shape index (κ2) is 5.46. The van der Waals surface area contributed by atoms with E-state index in [2.05, 4.69) is 20.9 Å². The molecule has 1 atom stereocenters. The molecule has 6 heteroatoms. The molecule has 0 aromatic carbocycles. The number of rotatable bonds is 2. The molecule has 0 spiro atoms. The summed E-state index contributed by atoms with van der Waals surface area (Å²) >= 11 is 3.36. The summed E-state index contributed by atoms with van der Waals surface area (Å²) in [4.78, 5) is 17.7. The van der Waals surface area contributed by atoms with Crippen molar-refractivity contribution in [3.8, 4) is 5.75 Å². The summed E-state index contributed by atoms with van der Waals surface area (Å²) in [6.07, 6.45) is 2.77. The van der Waals surface area contributed by atoms with Crippen LogP contribution in [0.2, 0.25) is 0 Å². The molecule has 0 saturated carbocycles. The van der Waals surface area contributed by atoms with E-state index in [9.17, 15) is 9.90 Å². The second-order valence-electron chi connectivity index (χ2n) is 3.77. The standard InChI is InChI=1S/C11H13BrN2O3/c12-5-8-7-17-4-3-14(8)11(16)9-1-2-13-6-10(9)15/h1-2,6,8,15H,3-5,7H2. The smallest absolute Gasteiger partial charge is 0.258 e. The minimum atomic E-state index is -0.183. The quantitative estimate of drug-likeness (QED) is 0.829. The number of morpholine rings is 1. The van der Waals surface area contributed by atoms with Gasteiger partial charge in [-0.3, -0.25) is 9.78 Å². The van der Waals surface area contributed by atoms with Gasteiger partial charge in [-0.05, 0) is 6.07 Å². The van der Waals surface area contributed by atoms with Crippen molar-refractivity contribution in [2.75, 3.05) is 25.1 Å². The molecular formula is C11H13BrN2O3. The summed E-state index contributed by atoms with van der Waals surface area (Å²) in [6.45, 7) is 1.58. The molecule has 5 nitrogen and oxygen atoms in total. The number of hydrogen-bond acceptors (Lipinski definition) is 4. The second-order valence-corrected chi connectivity index (χ2v) is 4.42. The monoisotopic (exact) mass is 300 g/mol. The lowest BCUT2D eigenvalue weighted by Crippen LogP contribution is -2.49. The van der Waals surface area contributed by atoms with Gasteiger partial charge in [0.15, 0.2) is 0 Å². The molecule has 0 bridgehead atoms. The lowest BCUT2D eigenvalue weighted by Gasteiger charge is -2.34. The number of ether oxygens (including phenoxy) is 1. The lowest BCUT2D eigenvalue weighted by atomic mass is 10.1. The van der Waals surface area contributed by atoms with Crippen LogP contribution in [0.5, 0.6) is 5.75 Å². The minimum absolute atomic E-state index is 0.00353. The number of alkyl halides is 1. The predicted molar refractivity (Wildman–Crippen MR) is 65.3 cm³/mol. The predicted octanol–water partition coefficient (Wildman–Crippen LogP) is 1.02. The van der Waals surface area contributed by atoms with E-state index in [1.54, 1.807) is 4.90 Å². The van der Waals surface area contributed by atoms with Gasteiger partial charge in [0, 0.05) is 18.1 Å². The van der Waals surface area contributed by atoms with Gasteiger partial charge in [0.1, 0.15) is 5.75 Å². The molecule has 1 amide bonds. The number of carbonyl (C=O) groups excluding carboxylic acids is 1. The van der Waals surface area contributed by atoms with Crippen LogP contribution in [-0.4, -0.2) is 52.0 Å². The maximum atomic E-state index is 12.3. The van der Waals surface area contributed by atoms with Gasteiger partial charge in [0.05, 0.1) is 31.0 Å². The highest BCUT2D eigenvalue weighted by molar-refractivity contribution is 9.09. The zero-order valence-electron chi connectivity index (χ0n) is 9.17. The van der Waals surface area contributed by atoms with E-state index in [-0.39, 0.29) is 23.3 Å². The van der Waals surface area contributed by atoms with Crippen LogP contribution in [0, 0.1) is 0 Å². The largest absolute Gasteiger partial charge is 0.505 e. The molecule has 1 aliphatic rings. The van der Waals surface area contributed by atoms with Crippen LogP contribution in [0.25, 0.3) is 0 Å². The summed E-state index contributed by atoms with van der Waals surface area (Å²) in [7, 11) is 0. The number of pyridine rings is 1. The normalized spacial score (nSPS) is 20.3. The van der Waals surface area contributed by atoms with Gasteiger partial charge in [-0.15, -0.1) is 0 Å². The van der Waals surface area contributed by atoms with Crippen molar-refractivity contribution in [2.24, 2.45) is 0 Å². The van der Waals surface area contributed by atoms with Gasteiger partial charge < -0.3 is 14.7 Å². The van der Waals surface area contributed by atoms with E-state index in [0.29, 0.717) is 25.1 Å². The first-order valence-corrected chi connectivity index (χ1v) is 6.44. The average Bonchev–Trinajstić information content (AvgIpc) is 2.38. The Hall–Kier alpha value is -1.14. The Bertz CT molecular complexity index is 413. The van der Waals surface area contributed by atoms with Gasteiger partial charge in [-0.1, -0.05) is 15.9 Å². The first kappa shape index (κ1) is 12.3. The number of aromatic hydroxyl groups is 1. The van der Waals surface area contributed by atoms with Crippen molar-refractivity contribution in [1.29, 1.82) is 0 Å². The topological polar surface area (TPSA) is 62.7 Å². The van der Waals surface area contributed by atoms with Crippen molar-refractivity contribution >= 4 is 21.8 Å². The Morgan fingerprint density at radius 2 is 2.53 bits per heavy atom. The molecule has 1 aromatic heterocycles. The van der Waals surface area contributed by atoms with Crippen LogP contribution >= 0.6 is 15.9 Å². The first-order valence-electron chi connectivity index (χ1n) is 5.31. The molecule has 0 aliphatic carbocycles. The van der Waals surface area contributed by atoms with E-state index in [1.165, 1.54) is 18.5 Å². The molecule has 17 heavy (non-hydrogen) atoms. The fraction of sp³-hybridized carbons (Fsp3) is 0.455. The first-order chi connectivity index (χ1) is 8.24. The number of hydrogen-bond donors (Lipinski definition) is 1. The molecule has 1 N–H and O–H groups in total. The minimum Gasteiger partial charge on any atom is -0.505 e. The van der Waals surface area contributed by atoms with E-state index in [4.69, 9.17) is 4.74 Å². The van der Waals surface area contributed by atoms with E-state index >= 15 is 0 Å². The summed E-state index contributed by atoms with van der Waals surface area (Å²) < 4.78 is 5.32. The van der Waals surface area contributed by atoms with Crippen LogP contribution in [0.4, 0.5) is 0 Å². The summed E-state index contributed by atoms with van der Waals surface area (Å²) in [5, 5.41) is 10.3. The third-order valence-corrected chi connectivity index (χ3v) is 3.44. The van der Waals surface area contributed by atoms with Gasteiger partial charge >= 0.3 is 0 Å². The van der Waals surface area contributed by atoms with Crippen LogP contribution in [0.1, 0.15) is 10.4 Å². The number of halogens is 1. The van der Waals surface area contributed by atoms with E-state index in [0.717, 1.165) is 0 Å². The van der Waals surface area contributed by atoms with Crippen molar-refractivity contribution in [2.45, 2.75) is 6.04 Å². The van der Waals surface area contributed by atoms with Crippen LogP contribution in [-0.2, 0) is 4.74 Å². The highest BCUT2D eigenvalue weighted by Crippen LogP contribution is 2.20. The molecule has 1 aliphatic heterocycles. The third kappa shape index (κ3) is 2.58. The fourth-order valence-corrected chi connectivity index (χ4v) is 2.31. The van der Waals surface area contributed by atoms with Gasteiger partial charge in [0.25, 0.3) is 5.91 Å². The fourth-order valence-electron chi connectivity index (χ4n) is 1.77. The molecule has 1 unspecified atom stereocenters. The molecule has 92 valence electrons. The molecular weight excluding hydrogens is 288 g/mol. The Morgan fingerprint density at radius 1 is 1.71 bits per heavy atom. The van der Waals surface area contributed by atoms with Gasteiger partial charge in [-0.25, -0.2) is 0 Å². The summed E-state index contributed by atoms with van der Waals surface area (Å²) in [5.74, 6) is -0.269. The molecule has 2 heterocycles. The van der Waals surface area contributed by atoms with Gasteiger partial charge in [0.2, 0.25) is 0 Å². The van der Waals surface area contributed by atoms with E-state index < -0.39 is 0 Å². The molecule has 1 fully saturated rings. The molecule has 1 aromatic rings. The summed E-state index contributed by atoms with van der Waals surface area (Å²) in [5.41, 5.74) is 0.285. The molecule has 0 radical (unpaired) electrons. The van der Waals surface area contributed by atoms with Crippen LogP contribution in [0.3, 0.4) is 0 Å². The maximum Gasteiger partial charge on any atom is 0.258 e. The average molecular weight is 301 g/mol. The molecule has 1 saturated heterocycles. The zero-order chi connectivity index (χ0) is 12.3. The van der Waals surface area contributed by atoms with Crippen molar-refractivity contribution < 1.29 is 14.6 Å². The maximum absolute atomic E-state index is 12.3. The third-order valence-electron chi connectivity index (χ3n) is 2.70. The SMILES string of the molecule is O=C(c1ccncc1O)N1CCOCC1CBr. The Morgan fingerprint density at radius 3 is 3.24 bits per heavy atom. The highest BCUT2D eigenvalue weighted by Gasteiger charge is 2.28. The number of aromatic nitrogens is 1. The zero-order valence-corrected chi connectivity index (χ0v) is 10.8. The van der Waals surface area contributed by atoms with Crippen molar-refractivity contribution in [3.05, 3.63) is 24.0 Å². The highest BCUT2D eigenvalue weighted by atomic mass is 79.9.